The molecule has 1 saturated heterocycles. The van der Waals surface area contributed by atoms with E-state index in [0.29, 0.717) is 35.1 Å². The van der Waals surface area contributed by atoms with Crippen LogP contribution in [0.1, 0.15) is 47.9 Å². The maximum atomic E-state index is 13.5. The fraction of sp³-hybridized carbons (Fsp3) is 0.391. The van der Waals surface area contributed by atoms with Crippen molar-refractivity contribution in [2.45, 2.75) is 39.5 Å². The van der Waals surface area contributed by atoms with E-state index in [9.17, 15) is 9.59 Å². The van der Waals surface area contributed by atoms with Crippen LogP contribution in [0.25, 0.3) is 11.5 Å². The molecule has 0 bridgehead atoms. The van der Waals surface area contributed by atoms with Gasteiger partial charge in [0.15, 0.2) is 5.82 Å². The highest BCUT2D eigenvalue weighted by atomic mass is 16.5. The molecule has 2 amide bonds. The Labute approximate surface area is 196 Å². The molecule has 2 aliphatic heterocycles. The zero-order valence-corrected chi connectivity index (χ0v) is 19.4. The van der Waals surface area contributed by atoms with Crippen LogP contribution in [0.4, 0.5) is 16.4 Å². The van der Waals surface area contributed by atoms with Crippen molar-refractivity contribution in [1.29, 1.82) is 0 Å². The minimum atomic E-state index is -0.547. The normalized spacial score (nSPS) is 14.9. The van der Waals surface area contributed by atoms with E-state index >= 15 is 0 Å². The Morgan fingerprint density at radius 2 is 2.03 bits per heavy atom. The standard InChI is InChI=1S/C23H26N8O3/c1-14(2)31-13-25-28-21(31)17-6-4-7-19(26-17)30-11-16-15(22(30)32)10-20(29-8-5-9-29)27-18(16)12-34-23(33)24-3/h4,6-7,10,13-14H,5,8-9,11-12H2,1-3H3,(H,24,33). The van der Waals surface area contributed by atoms with Crippen molar-refractivity contribution in [1.82, 2.24) is 30.0 Å². The SMILES string of the molecule is CNC(=O)OCc1nc(N2CCC2)cc2c1CN(c1cccc(-c3nncn3C(C)C)n1)C2=O. The number of hydrogen-bond donors (Lipinski definition) is 1. The van der Waals surface area contributed by atoms with Gasteiger partial charge in [-0.1, -0.05) is 6.07 Å². The summed E-state index contributed by atoms with van der Waals surface area (Å²) in [5, 5.41) is 10.7. The van der Waals surface area contributed by atoms with E-state index in [4.69, 9.17) is 14.7 Å². The van der Waals surface area contributed by atoms with Gasteiger partial charge in [0.1, 0.15) is 30.3 Å². The Morgan fingerprint density at radius 3 is 2.74 bits per heavy atom. The van der Waals surface area contributed by atoms with Gasteiger partial charge in [-0.25, -0.2) is 14.8 Å². The van der Waals surface area contributed by atoms with E-state index in [1.54, 1.807) is 17.3 Å². The van der Waals surface area contributed by atoms with Gasteiger partial charge in [-0.05, 0) is 38.5 Å². The van der Waals surface area contributed by atoms with Gasteiger partial charge in [0.25, 0.3) is 5.91 Å². The number of amides is 2. The quantitative estimate of drug-likeness (QED) is 0.594. The molecule has 0 radical (unpaired) electrons. The van der Waals surface area contributed by atoms with Crippen LogP contribution in [0.15, 0.2) is 30.6 Å². The molecule has 3 aromatic rings. The molecule has 0 aliphatic carbocycles. The Balaban J connectivity index is 1.49. The van der Waals surface area contributed by atoms with Gasteiger partial charge in [0.05, 0.1) is 17.8 Å². The lowest BCUT2D eigenvalue weighted by Crippen LogP contribution is -2.38. The lowest BCUT2D eigenvalue weighted by atomic mass is 10.1. The molecule has 0 atom stereocenters. The van der Waals surface area contributed by atoms with Crippen molar-refractivity contribution in [3.8, 4) is 11.5 Å². The van der Waals surface area contributed by atoms with Gasteiger partial charge in [0, 0.05) is 31.7 Å². The number of nitrogens with one attached hydrogen (secondary N) is 1. The van der Waals surface area contributed by atoms with Crippen LogP contribution in [0, 0.1) is 0 Å². The van der Waals surface area contributed by atoms with E-state index in [2.05, 4.69) is 20.4 Å². The number of fused-ring (bicyclic) bond motifs is 1. The average molecular weight is 463 g/mol. The monoisotopic (exact) mass is 462 g/mol. The molecule has 2 aliphatic rings. The second-order valence-corrected chi connectivity index (χ2v) is 8.55. The van der Waals surface area contributed by atoms with Crippen LogP contribution in [-0.2, 0) is 17.9 Å². The number of nitrogens with zero attached hydrogens (tertiary/aromatic N) is 7. The number of ether oxygens (including phenoxy) is 1. The molecule has 0 unspecified atom stereocenters. The molecule has 11 nitrogen and oxygen atoms in total. The maximum absolute atomic E-state index is 13.5. The summed E-state index contributed by atoms with van der Waals surface area (Å²) in [7, 11) is 1.50. The number of carbonyl (C=O) groups excluding carboxylic acids is 2. The highest BCUT2D eigenvalue weighted by Gasteiger charge is 2.34. The first-order valence-electron chi connectivity index (χ1n) is 11.3. The van der Waals surface area contributed by atoms with E-state index in [1.165, 1.54) is 7.05 Å². The van der Waals surface area contributed by atoms with E-state index < -0.39 is 6.09 Å². The van der Waals surface area contributed by atoms with Crippen molar-refractivity contribution < 1.29 is 14.3 Å². The predicted octanol–water partition coefficient (Wildman–Crippen LogP) is 2.54. The molecule has 11 heteroatoms. The summed E-state index contributed by atoms with van der Waals surface area (Å²) in [4.78, 5) is 38.3. The Morgan fingerprint density at radius 1 is 1.21 bits per heavy atom. The van der Waals surface area contributed by atoms with Crippen molar-refractivity contribution in [2.75, 3.05) is 29.9 Å². The number of pyridine rings is 2. The lowest BCUT2D eigenvalue weighted by molar-refractivity contribution is 0.0996. The number of aromatic nitrogens is 5. The van der Waals surface area contributed by atoms with Gasteiger partial charge in [-0.15, -0.1) is 10.2 Å². The summed E-state index contributed by atoms with van der Waals surface area (Å²) in [5.41, 5.74) is 2.52. The second kappa shape index (κ2) is 8.73. The molecule has 0 aromatic carbocycles. The summed E-state index contributed by atoms with van der Waals surface area (Å²) < 4.78 is 7.21. The number of anilines is 2. The van der Waals surface area contributed by atoms with Crippen molar-refractivity contribution in [3.63, 3.8) is 0 Å². The van der Waals surface area contributed by atoms with Crippen LogP contribution in [0.5, 0.6) is 0 Å². The fourth-order valence-electron chi connectivity index (χ4n) is 4.07. The van der Waals surface area contributed by atoms with Gasteiger partial charge in [-0.2, -0.15) is 0 Å². The summed E-state index contributed by atoms with van der Waals surface area (Å²) in [6.45, 7) is 6.14. The third-order valence-corrected chi connectivity index (χ3v) is 6.08. The van der Waals surface area contributed by atoms with Crippen LogP contribution < -0.4 is 15.1 Å². The summed E-state index contributed by atoms with van der Waals surface area (Å²) in [6.07, 6.45) is 2.21. The van der Waals surface area contributed by atoms with Crippen molar-refractivity contribution >= 4 is 23.6 Å². The van der Waals surface area contributed by atoms with Crippen molar-refractivity contribution in [3.05, 3.63) is 47.4 Å². The van der Waals surface area contributed by atoms with E-state index in [1.807, 2.05) is 36.6 Å². The number of carbonyl (C=O) groups is 2. The van der Waals surface area contributed by atoms with Gasteiger partial charge >= 0.3 is 6.09 Å². The van der Waals surface area contributed by atoms with Gasteiger partial charge < -0.3 is 19.5 Å². The average Bonchev–Trinajstić information content (AvgIpc) is 3.42. The third-order valence-electron chi connectivity index (χ3n) is 6.08. The van der Waals surface area contributed by atoms with E-state index in [0.717, 1.165) is 30.9 Å². The van der Waals surface area contributed by atoms with Crippen LogP contribution >= 0.6 is 0 Å². The lowest BCUT2D eigenvalue weighted by Gasteiger charge is -2.32. The molecule has 34 heavy (non-hydrogen) atoms. The number of hydrogen-bond acceptors (Lipinski definition) is 8. The zero-order chi connectivity index (χ0) is 23.8. The topological polar surface area (TPSA) is 118 Å². The molecule has 176 valence electrons. The molecule has 5 rings (SSSR count). The molecular weight excluding hydrogens is 436 g/mol. The van der Waals surface area contributed by atoms with Crippen LogP contribution in [0.3, 0.4) is 0 Å². The number of rotatable bonds is 6. The predicted molar refractivity (Wildman–Crippen MR) is 124 cm³/mol. The minimum absolute atomic E-state index is 0.0181. The highest BCUT2D eigenvalue weighted by Crippen LogP contribution is 2.33. The first kappa shape index (κ1) is 21.8. The van der Waals surface area contributed by atoms with Crippen LogP contribution in [-0.4, -0.2) is 56.9 Å². The maximum Gasteiger partial charge on any atom is 0.407 e. The zero-order valence-electron chi connectivity index (χ0n) is 19.4. The second-order valence-electron chi connectivity index (χ2n) is 8.55. The minimum Gasteiger partial charge on any atom is -0.443 e. The molecule has 5 heterocycles. The molecule has 1 N–H and O–H groups in total. The summed E-state index contributed by atoms with van der Waals surface area (Å²) in [6, 6.07) is 7.51. The Hall–Kier alpha value is -4.02. The molecule has 1 fully saturated rings. The fourth-order valence-corrected chi connectivity index (χ4v) is 4.07. The summed E-state index contributed by atoms with van der Waals surface area (Å²) >= 11 is 0. The number of alkyl carbamates (subject to hydrolysis) is 1. The Bertz CT molecular complexity index is 1250. The van der Waals surface area contributed by atoms with Gasteiger partial charge in [0.2, 0.25) is 0 Å². The summed E-state index contributed by atoms with van der Waals surface area (Å²) in [5.74, 6) is 1.72. The molecule has 0 spiro atoms. The highest BCUT2D eigenvalue weighted by molar-refractivity contribution is 6.10. The van der Waals surface area contributed by atoms with Gasteiger partial charge in [-0.3, -0.25) is 9.69 Å². The first-order chi connectivity index (χ1) is 16.5. The third kappa shape index (κ3) is 3.82. The first-order valence-corrected chi connectivity index (χ1v) is 11.3. The smallest absolute Gasteiger partial charge is 0.407 e. The largest absolute Gasteiger partial charge is 0.443 e. The Kier molecular flexibility index (Phi) is 5.60. The van der Waals surface area contributed by atoms with Crippen LogP contribution in [0.2, 0.25) is 0 Å². The van der Waals surface area contributed by atoms with E-state index in [-0.39, 0.29) is 18.6 Å². The molecule has 0 saturated carbocycles. The van der Waals surface area contributed by atoms with Crippen molar-refractivity contribution in [2.24, 2.45) is 0 Å². The molecular formula is C23H26N8O3. The molecule has 3 aromatic heterocycles.